The number of hydrogen-bond acceptors (Lipinski definition) is 3. The lowest BCUT2D eigenvalue weighted by Gasteiger charge is -2.07. The van der Waals surface area contributed by atoms with Crippen molar-refractivity contribution in [3.8, 4) is 11.8 Å². The fourth-order valence-corrected chi connectivity index (χ4v) is 2.11. The third kappa shape index (κ3) is 5.33. The van der Waals surface area contributed by atoms with Gasteiger partial charge in [-0.15, -0.1) is 0 Å². The number of nitrogens with zero attached hydrogens (tertiary/aromatic N) is 1. The monoisotopic (exact) mass is 307 g/mol. The van der Waals surface area contributed by atoms with Gasteiger partial charge in [0.15, 0.2) is 0 Å². The zero-order valence-corrected chi connectivity index (χ0v) is 12.6. The van der Waals surface area contributed by atoms with E-state index in [0.717, 1.165) is 12.8 Å². The van der Waals surface area contributed by atoms with Crippen molar-refractivity contribution in [2.24, 2.45) is 0 Å². The van der Waals surface area contributed by atoms with Crippen LogP contribution >= 0.6 is 0 Å². The van der Waals surface area contributed by atoms with Crippen molar-refractivity contribution < 1.29 is 14.6 Å². The molecule has 0 fully saturated rings. The van der Waals surface area contributed by atoms with Crippen LogP contribution in [-0.2, 0) is 11.2 Å². The predicted octanol–water partition coefficient (Wildman–Crippen LogP) is 3.69. The molecule has 116 valence electrons. The molecule has 0 spiro atoms. The van der Waals surface area contributed by atoms with Crippen molar-refractivity contribution in [3.05, 3.63) is 71.3 Å². The van der Waals surface area contributed by atoms with Crippen LogP contribution in [0.2, 0.25) is 0 Å². The van der Waals surface area contributed by atoms with E-state index in [2.05, 4.69) is 12.1 Å². The maximum atomic E-state index is 10.8. The normalized spacial score (nSPS) is 10.8. The number of aliphatic carboxylic acids is 1. The van der Waals surface area contributed by atoms with Gasteiger partial charge in [-0.05, 0) is 42.2 Å². The number of nitriles is 1. The standard InChI is InChI=1S/C19H17NO3/c20-14-17(19(21)22)12-16-8-4-10-18(13-16)23-11-5-9-15-6-2-1-3-7-15/h1-4,6-8,10,12-13H,5,9,11H2,(H,21,22). The molecule has 0 heterocycles. The van der Waals surface area contributed by atoms with Gasteiger partial charge in [-0.1, -0.05) is 42.5 Å². The Labute approximate surface area is 135 Å². The molecule has 0 amide bonds. The van der Waals surface area contributed by atoms with Gasteiger partial charge in [0.1, 0.15) is 17.4 Å². The van der Waals surface area contributed by atoms with Crippen LogP contribution in [0.4, 0.5) is 0 Å². The van der Waals surface area contributed by atoms with Crippen molar-refractivity contribution in [3.63, 3.8) is 0 Å². The summed E-state index contributed by atoms with van der Waals surface area (Å²) in [6.45, 7) is 0.575. The van der Waals surface area contributed by atoms with Crippen LogP contribution in [0.5, 0.6) is 5.75 Å². The van der Waals surface area contributed by atoms with Crippen molar-refractivity contribution in [1.82, 2.24) is 0 Å². The third-order valence-corrected chi connectivity index (χ3v) is 3.24. The Hall–Kier alpha value is -3.06. The number of aryl methyl sites for hydroxylation is 1. The van der Waals surface area contributed by atoms with E-state index in [0.29, 0.717) is 17.9 Å². The van der Waals surface area contributed by atoms with E-state index in [1.807, 2.05) is 24.3 Å². The molecule has 4 nitrogen and oxygen atoms in total. The predicted molar refractivity (Wildman–Crippen MR) is 87.9 cm³/mol. The highest BCUT2D eigenvalue weighted by Gasteiger charge is 2.06. The number of carboxylic acids is 1. The molecule has 0 aliphatic heterocycles. The van der Waals surface area contributed by atoms with Crippen molar-refractivity contribution >= 4 is 12.0 Å². The van der Waals surface area contributed by atoms with E-state index in [1.165, 1.54) is 11.6 Å². The highest BCUT2D eigenvalue weighted by Crippen LogP contribution is 2.16. The molecule has 2 aromatic rings. The highest BCUT2D eigenvalue weighted by atomic mass is 16.5. The first kappa shape index (κ1) is 16.3. The van der Waals surface area contributed by atoms with Gasteiger partial charge in [-0.2, -0.15) is 5.26 Å². The molecule has 4 heteroatoms. The summed E-state index contributed by atoms with van der Waals surface area (Å²) < 4.78 is 5.68. The fraction of sp³-hybridized carbons (Fsp3) is 0.158. The largest absolute Gasteiger partial charge is 0.494 e. The smallest absolute Gasteiger partial charge is 0.346 e. The topological polar surface area (TPSA) is 70.3 Å². The van der Waals surface area contributed by atoms with Crippen LogP contribution in [0.1, 0.15) is 17.5 Å². The molecule has 2 rings (SSSR count). The van der Waals surface area contributed by atoms with E-state index in [9.17, 15) is 4.79 Å². The van der Waals surface area contributed by atoms with Crippen LogP contribution in [-0.4, -0.2) is 17.7 Å². The van der Waals surface area contributed by atoms with Gasteiger partial charge < -0.3 is 9.84 Å². The average molecular weight is 307 g/mol. The Bertz CT molecular complexity index is 730. The first-order chi connectivity index (χ1) is 11.2. The van der Waals surface area contributed by atoms with Gasteiger partial charge in [0.25, 0.3) is 0 Å². The molecule has 0 unspecified atom stereocenters. The third-order valence-electron chi connectivity index (χ3n) is 3.24. The SMILES string of the molecule is N#CC(=Cc1cccc(OCCCc2ccccc2)c1)C(=O)O. The lowest BCUT2D eigenvalue weighted by molar-refractivity contribution is -0.132. The van der Waals surface area contributed by atoms with Gasteiger partial charge in [0.05, 0.1) is 6.61 Å². The molecule has 0 aromatic heterocycles. The summed E-state index contributed by atoms with van der Waals surface area (Å²) >= 11 is 0. The first-order valence-corrected chi connectivity index (χ1v) is 7.31. The Kier molecular flexibility index (Phi) is 5.96. The molecule has 1 N–H and O–H groups in total. The van der Waals surface area contributed by atoms with Gasteiger partial charge in [-0.25, -0.2) is 4.79 Å². The van der Waals surface area contributed by atoms with Crippen molar-refractivity contribution in [2.75, 3.05) is 6.61 Å². The summed E-state index contributed by atoms with van der Waals surface area (Å²) in [5.41, 5.74) is 1.60. The second-order valence-electron chi connectivity index (χ2n) is 4.99. The molecular weight excluding hydrogens is 290 g/mol. The average Bonchev–Trinajstić information content (AvgIpc) is 2.57. The summed E-state index contributed by atoms with van der Waals surface area (Å²) in [7, 11) is 0. The molecule has 0 atom stereocenters. The van der Waals surface area contributed by atoms with E-state index in [1.54, 1.807) is 24.3 Å². The second kappa shape index (κ2) is 8.40. The Morgan fingerprint density at radius 2 is 1.96 bits per heavy atom. The molecule has 0 saturated carbocycles. The maximum absolute atomic E-state index is 10.8. The number of carboxylic acid groups (broad SMARTS) is 1. The zero-order chi connectivity index (χ0) is 16.5. The van der Waals surface area contributed by atoms with Crippen LogP contribution in [0.25, 0.3) is 6.08 Å². The van der Waals surface area contributed by atoms with Gasteiger partial charge >= 0.3 is 5.97 Å². The summed E-state index contributed by atoms with van der Waals surface area (Å²) in [5, 5.41) is 17.6. The molecule has 23 heavy (non-hydrogen) atoms. The molecule has 0 saturated heterocycles. The fourth-order valence-electron chi connectivity index (χ4n) is 2.11. The molecule has 0 bridgehead atoms. The van der Waals surface area contributed by atoms with E-state index < -0.39 is 5.97 Å². The quantitative estimate of drug-likeness (QED) is 0.481. The second-order valence-corrected chi connectivity index (χ2v) is 4.99. The summed E-state index contributed by atoms with van der Waals surface area (Å²) in [6.07, 6.45) is 3.17. The van der Waals surface area contributed by atoms with Crippen LogP contribution < -0.4 is 4.74 Å². The Balaban J connectivity index is 1.90. The number of benzene rings is 2. The zero-order valence-electron chi connectivity index (χ0n) is 12.6. The summed E-state index contributed by atoms with van der Waals surface area (Å²) in [5.74, 6) is -0.573. The number of hydrogen-bond donors (Lipinski definition) is 1. The minimum absolute atomic E-state index is 0.300. The Morgan fingerprint density at radius 3 is 2.65 bits per heavy atom. The first-order valence-electron chi connectivity index (χ1n) is 7.31. The minimum Gasteiger partial charge on any atom is -0.494 e. The van der Waals surface area contributed by atoms with E-state index in [4.69, 9.17) is 15.1 Å². The van der Waals surface area contributed by atoms with Gasteiger partial charge in [-0.3, -0.25) is 0 Å². The van der Waals surface area contributed by atoms with E-state index >= 15 is 0 Å². The van der Waals surface area contributed by atoms with Crippen LogP contribution in [0, 0.1) is 11.3 Å². The maximum Gasteiger partial charge on any atom is 0.346 e. The lowest BCUT2D eigenvalue weighted by atomic mass is 10.1. The number of rotatable bonds is 7. The van der Waals surface area contributed by atoms with Crippen LogP contribution in [0.3, 0.4) is 0 Å². The van der Waals surface area contributed by atoms with E-state index in [-0.39, 0.29) is 5.57 Å². The van der Waals surface area contributed by atoms with Gasteiger partial charge in [0, 0.05) is 0 Å². The van der Waals surface area contributed by atoms with Crippen LogP contribution in [0.15, 0.2) is 60.2 Å². The highest BCUT2D eigenvalue weighted by molar-refractivity contribution is 5.96. The molecule has 0 aliphatic carbocycles. The number of ether oxygens (including phenoxy) is 1. The van der Waals surface area contributed by atoms with Crippen molar-refractivity contribution in [2.45, 2.75) is 12.8 Å². The lowest BCUT2D eigenvalue weighted by Crippen LogP contribution is -2.00. The van der Waals surface area contributed by atoms with Crippen molar-refractivity contribution in [1.29, 1.82) is 5.26 Å². The molecule has 0 radical (unpaired) electrons. The minimum atomic E-state index is -1.23. The molecular formula is C19H17NO3. The summed E-state index contributed by atoms with van der Waals surface area (Å²) in [6, 6.07) is 18.9. The summed E-state index contributed by atoms with van der Waals surface area (Å²) in [4.78, 5) is 10.8. The van der Waals surface area contributed by atoms with Gasteiger partial charge in [0.2, 0.25) is 0 Å². The molecule has 2 aromatic carbocycles. The number of carbonyl (C=O) groups is 1. The molecule has 0 aliphatic rings. The Morgan fingerprint density at radius 1 is 1.17 bits per heavy atom.